The number of hydrogen-bond acceptors (Lipinski definition) is 5. The second-order valence-corrected chi connectivity index (χ2v) is 4.52. The van der Waals surface area contributed by atoms with Crippen LogP contribution in [0.15, 0.2) is 18.2 Å². The first-order valence-corrected chi connectivity index (χ1v) is 6.53. The fraction of sp³-hybridized carbons (Fsp3) is 0.500. The van der Waals surface area contributed by atoms with E-state index in [0.29, 0.717) is 43.3 Å². The second-order valence-electron chi connectivity index (χ2n) is 4.52. The Bertz CT molecular complexity index is 478. The summed E-state index contributed by atoms with van der Waals surface area (Å²) >= 11 is 0. The third kappa shape index (κ3) is 2.86. The van der Waals surface area contributed by atoms with Gasteiger partial charge in [0.1, 0.15) is 0 Å². The van der Waals surface area contributed by atoms with Gasteiger partial charge in [0.05, 0.1) is 32.5 Å². The number of carbonyl (C=O) groups excluding carboxylic acids is 1. The molecular weight excluding hydrogens is 260 g/mol. The number of benzene rings is 1. The van der Waals surface area contributed by atoms with Crippen molar-refractivity contribution in [3.8, 4) is 11.5 Å². The minimum atomic E-state index is -0.107. The predicted molar refractivity (Wildman–Crippen MR) is 74.2 cm³/mol. The van der Waals surface area contributed by atoms with Gasteiger partial charge in [-0.15, -0.1) is 0 Å². The van der Waals surface area contributed by atoms with Crippen LogP contribution >= 0.6 is 0 Å². The molecule has 1 aliphatic rings. The zero-order valence-electron chi connectivity index (χ0n) is 11.8. The van der Waals surface area contributed by atoms with Crippen LogP contribution < -0.4 is 15.2 Å². The van der Waals surface area contributed by atoms with Crippen molar-refractivity contribution in [2.75, 3.05) is 40.5 Å². The van der Waals surface area contributed by atoms with Crippen molar-refractivity contribution in [2.24, 2.45) is 5.73 Å². The Hall–Kier alpha value is -1.79. The smallest absolute Gasteiger partial charge is 0.257 e. The van der Waals surface area contributed by atoms with Crippen molar-refractivity contribution in [3.63, 3.8) is 0 Å². The van der Waals surface area contributed by atoms with Gasteiger partial charge >= 0.3 is 0 Å². The fourth-order valence-corrected chi connectivity index (χ4v) is 2.27. The maximum Gasteiger partial charge on any atom is 0.257 e. The van der Waals surface area contributed by atoms with Crippen LogP contribution in [0.4, 0.5) is 0 Å². The highest BCUT2D eigenvalue weighted by molar-refractivity contribution is 5.97. The number of nitrogens with zero attached hydrogens (tertiary/aromatic N) is 1. The molecule has 1 atom stereocenters. The van der Waals surface area contributed by atoms with E-state index in [9.17, 15) is 4.79 Å². The Balaban J connectivity index is 2.24. The van der Waals surface area contributed by atoms with Gasteiger partial charge in [-0.05, 0) is 12.1 Å². The van der Waals surface area contributed by atoms with Gasteiger partial charge in [0.2, 0.25) is 0 Å². The van der Waals surface area contributed by atoms with Crippen molar-refractivity contribution in [1.29, 1.82) is 0 Å². The highest BCUT2D eigenvalue weighted by Crippen LogP contribution is 2.31. The summed E-state index contributed by atoms with van der Waals surface area (Å²) in [7, 11) is 3.07. The summed E-state index contributed by atoms with van der Waals surface area (Å²) in [5.74, 6) is 0.903. The van der Waals surface area contributed by atoms with Crippen LogP contribution in [0.5, 0.6) is 11.5 Å². The number of ether oxygens (including phenoxy) is 3. The molecule has 1 aromatic carbocycles. The number of methoxy groups -OCH3 is 2. The van der Waals surface area contributed by atoms with Crippen LogP contribution in [-0.4, -0.2) is 57.4 Å². The zero-order chi connectivity index (χ0) is 14.5. The minimum Gasteiger partial charge on any atom is -0.493 e. The molecule has 2 rings (SSSR count). The number of morpholine rings is 1. The Kier molecular flexibility index (Phi) is 4.81. The van der Waals surface area contributed by atoms with Gasteiger partial charge in [-0.25, -0.2) is 0 Å². The lowest BCUT2D eigenvalue weighted by atomic mass is 10.1. The highest BCUT2D eigenvalue weighted by Gasteiger charge is 2.27. The van der Waals surface area contributed by atoms with E-state index in [4.69, 9.17) is 19.9 Å². The largest absolute Gasteiger partial charge is 0.493 e. The van der Waals surface area contributed by atoms with Crippen molar-refractivity contribution in [3.05, 3.63) is 23.8 Å². The second kappa shape index (κ2) is 6.58. The van der Waals surface area contributed by atoms with Gasteiger partial charge in [0.25, 0.3) is 5.91 Å². The van der Waals surface area contributed by atoms with Crippen LogP contribution in [0.3, 0.4) is 0 Å². The molecule has 1 aromatic rings. The Morgan fingerprint density at radius 2 is 2.25 bits per heavy atom. The van der Waals surface area contributed by atoms with Crippen molar-refractivity contribution in [1.82, 2.24) is 4.90 Å². The monoisotopic (exact) mass is 280 g/mol. The molecule has 2 N–H and O–H groups in total. The van der Waals surface area contributed by atoms with Gasteiger partial charge in [-0.3, -0.25) is 4.79 Å². The topological polar surface area (TPSA) is 74.0 Å². The van der Waals surface area contributed by atoms with E-state index >= 15 is 0 Å². The maximum atomic E-state index is 12.6. The third-order valence-electron chi connectivity index (χ3n) is 3.32. The number of para-hydroxylation sites is 1. The zero-order valence-corrected chi connectivity index (χ0v) is 11.8. The number of hydrogen-bond donors (Lipinski definition) is 1. The van der Waals surface area contributed by atoms with Crippen LogP contribution in [0.25, 0.3) is 0 Å². The lowest BCUT2D eigenvalue weighted by molar-refractivity contribution is -0.0168. The first-order valence-electron chi connectivity index (χ1n) is 6.53. The summed E-state index contributed by atoms with van der Waals surface area (Å²) in [6.45, 7) is 1.95. The SMILES string of the molecule is COc1cccc(C(=O)N2CCOC(CN)C2)c1OC. The summed E-state index contributed by atoms with van der Waals surface area (Å²) in [5.41, 5.74) is 6.09. The van der Waals surface area contributed by atoms with E-state index in [0.717, 1.165) is 0 Å². The van der Waals surface area contributed by atoms with Crippen LogP contribution in [0.2, 0.25) is 0 Å². The van der Waals surface area contributed by atoms with E-state index in [-0.39, 0.29) is 12.0 Å². The number of amides is 1. The summed E-state index contributed by atoms with van der Waals surface area (Å²) in [4.78, 5) is 14.3. The minimum absolute atomic E-state index is 0.0949. The summed E-state index contributed by atoms with van der Waals surface area (Å²) in [6.07, 6.45) is -0.107. The van der Waals surface area contributed by atoms with Crippen molar-refractivity contribution >= 4 is 5.91 Å². The summed E-state index contributed by atoms with van der Waals surface area (Å²) in [6, 6.07) is 5.27. The quantitative estimate of drug-likeness (QED) is 0.869. The van der Waals surface area contributed by atoms with Crippen LogP contribution in [0, 0.1) is 0 Å². The predicted octanol–water partition coefficient (Wildman–Crippen LogP) is 0.503. The number of nitrogens with two attached hydrogens (primary N) is 1. The number of carbonyl (C=O) groups is 1. The van der Waals surface area contributed by atoms with Crippen molar-refractivity contribution in [2.45, 2.75) is 6.10 Å². The van der Waals surface area contributed by atoms with E-state index in [2.05, 4.69) is 0 Å². The van der Waals surface area contributed by atoms with Gasteiger partial charge in [0, 0.05) is 19.6 Å². The molecule has 6 heteroatoms. The molecule has 1 aliphatic heterocycles. The molecule has 0 saturated carbocycles. The standard InChI is InChI=1S/C14H20N2O4/c1-18-12-5-3-4-11(13(12)19-2)14(17)16-6-7-20-10(8-15)9-16/h3-5,10H,6-9,15H2,1-2H3. The van der Waals surface area contributed by atoms with Gasteiger partial charge < -0.3 is 24.8 Å². The van der Waals surface area contributed by atoms with E-state index in [1.165, 1.54) is 7.11 Å². The molecule has 0 spiro atoms. The number of rotatable bonds is 4. The molecule has 20 heavy (non-hydrogen) atoms. The molecule has 6 nitrogen and oxygen atoms in total. The molecule has 1 heterocycles. The molecule has 110 valence electrons. The van der Waals surface area contributed by atoms with Gasteiger partial charge in [-0.1, -0.05) is 6.07 Å². The molecule has 0 radical (unpaired) electrons. The first-order chi connectivity index (χ1) is 9.71. The van der Waals surface area contributed by atoms with E-state index in [1.807, 2.05) is 0 Å². The molecule has 1 unspecified atom stereocenters. The average molecular weight is 280 g/mol. The average Bonchev–Trinajstić information content (AvgIpc) is 2.53. The van der Waals surface area contributed by atoms with Crippen LogP contribution in [-0.2, 0) is 4.74 Å². The fourth-order valence-electron chi connectivity index (χ4n) is 2.27. The Morgan fingerprint density at radius 1 is 1.45 bits per heavy atom. The van der Waals surface area contributed by atoms with Crippen LogP contribution in [0.1, 0.15) is 10.4 Å². The summed E-state index contributed by atoms with van der Waals surface area (Å²) < 4.78 is 16.0. The Morgan fingerprint density at radius 3 is 2.90 bits per heavy atom. The highest BCUT2D eigenvalue weighted by atomic mass is 16.5. The Labute approximate surface area is 118 Å². The maximum absolute atomic E-state index is 12.6. The third-order valence-corrected chi connectivity index (χ3v) is 3.32. The molecule has 0 aromatic heterocycles. The van der Waals surface area contributed by atoms with Crippen molar-refractivity contribution < 1.29 is 19.0 Å². The molecule has 1 saturated heterocycles. The molecule has 0 aliphatic carbocycles. The lowest BCUT2D eigenvalue weighted by Gasteiger charge is -2.32. The lowest BCUT2D eigenvalue weighted by Crippen LogP contribution is -2.48. The normalized spacial score (nSPS) is 18.8. The first kappa shape index (κ1) is 14.6. The van der Waals surface area contributed by atoms with Gasteiger partial charge in [0.15, 0.2) is 11.5 Å². The molecular formula is C14H20N2O4. The van der Waals surface area contributed by atoms with Gasteiger partial charge in [-0.2, -0.15) is 0 Å². The van der Waals surface area contributed by atoms with E-state index in [1.54, 1.807) is 30.2 Å². The molecule has 1 fully saturated rings. The van der Waals surface area contributed by atoms with E-state index < -0.39 is 0 Å². The molecule has 0 bridgehead atoms. The molecule has 1 amide bonds. The summed E-state index contributed by atoms with van der Waals surface area (Å²) in [5, 5.41) is 0.